The van der Waals surface area contributed by atoms with Crippen LogP contribution in [0.15, 0.2) is 27.7 Å². The van der Waals surface area contributed by atoms with Gasteiger partial charge in [-0.05, 0) is 22.4 Å². The summed E-state index contributed by atoms with van der Waals surface area (Å²) in [7, 11) is 0. The first-order valence-corrected chi connectivity index (χ1v) is 9.61. The van der Waals surface area contributed by atoms with Crippen LogP contribution in [0.4, 0.5) is 0 Å². The minimum absolute atomic E-state index is 0.0434. The Morgan fingerprint density at radius 3 is 3.22 bits per heavy atom. The van der Waals surface area contributed by atoms with E-state index in [1.807, 2.05) is 0 Å². The maximum atomic E-state index is 12.2. The number of carbonyl (C=O) groups is 1. The standard InChI is InChI=1S/C16H19N3O2S2/c20-15(14-7-23-11-18-14)17-8-16-9-19(3-12-1-2-22-6-12)4-13(16)5-21-10-16/h1-2,6-7,11,13H,3-5,8-10H2,(H,17,20)/t13-,16+/m0/s1. The van der Waals surface area contributed by atoms with E-state index in [1.165, 1.54) is 16.9 Å². The van der Waals surface area contributed by atoms with Crippen LogP contribution in [-0.4, -0.2) is 48.6 Å². The van der Waals surface area contributed by atoms with Gasteiger partial charge in [0.2, 0.25) is 0 Å². The highest BCUT2D eigenvalue weighted by atomic mass is 32.1. The number of aromatic nitrogens is 1. The van der Waals surface area contributed by atoms with Crippen LogP contribution in [0.1, 0.15) is 16.1 Å². The molecule has 0 saturated carbocycles. The minimum Gasteiger partial charge on any atom is -0.380 e. The third kappa shape index (κ3) is 3.06. The van der Waals surface area contributed by atoms with Gasteiger partial charge in [-0.3, -0.25) is 9.69 Å². The molecule has 1 N–H and O–H groups in total. The molecule has 2 aromatic heterocycles. The number of fused-ring (bicyclic) bond motifs is 1. The molecule has 4 rings (SSSR count). The van der Waals surface area contributed by atoms with Crippen LogP contribution in [0.5, 0.6) is 0 Å². The Balaban J connectivity index is 1.40. The fraction of sp³-hybridized carbons (Fsp3) is 0.500. The van der Waals surface area contributed by atoms with E-state index in [1.54, 1.807) is 22.2 Å². The van der Waals surface area contributed by atoms with Gasteiger partial charge in [-0.1, -0.05) is 0 Å². The van der Waals surface area contributed by atoms with Crippen molar-refractivity contribution in [2.45, 2.75) is 6.54 Å². The molecule has 0 unspecified atom stereocenters. The van der Waals surface area contributed by atoms with Gasteiger partial charge < -0.3 is 10.1 Å². The Bertz CT molecular complexity index is 659. The Hall–Kier alpha value is -1.28. The van der Waals surface area contributed by atoms with Gasteiger partial charge in [0.15, 0.2) is 0 Å². The van der Waals surface area contributed by atoms with Gasteiger partial charge in [-0.15, -0.1) is 11.3 Å². The van der Waals surface area contributed by atoms with E-state index in [0.717, 1.165) is 32.8 Å². The predicted molar refractivity (Wildman–Crippen MR) is 90.8 cm³/mol. The topological polar surface area (TPSA) is 54.5 Å². The number of rotatable bonds is 5. The van der Waals surface area contributed by atoms with E-state index in [-0.39, 0.29) is 11.3 Å². The molecule has 0 aliphatic carbocycles. The van der Waals surface area contributed by atoms with Crippen molar-refractivity contribution < 1.29 is 9.53 Å². The average molecular weight is 349 g/mol. The van der Waals surface area contributed by atoms with Crippen molar-refractivity contribution in [1.82, 2.24) is 15.2 Å². The number of thiazole rings is 1. The van der Waals surface area contributed by atoms with Crippen LogP contribution >= 0.6 is 22.7 Å². The molecule has 1 amide bonds. The van der Waals surface area contributed by atoms with Crippen molar-refractivity contribution in [2.75, 3.05) is 32.8 Å². The van der Waals surface area contributed by atoms with E-state index >= 15 is 0 Å². The van der Waals surface area contributed by atoms with E-state index < -0.39 is 0 Å². The maximum absolute atomic E-state index is 12.2. The van der Waals surface area contributed by atoms with E-state index in [2.05, 4.69) is 32.0 Å². The predicted octanol–water partition coefficient (Wildman–Crippen LogP) is 2.08. The Morgan fingerprint density at radius 2 is 2.43 bits per heavy atom. The molecule has 0 aromatic carbocycles. The van der Waals surface area contributed by atoms with Crippen LogP contribution in [0, 0.1) is 11.3 Å². The number of carbonyl (C=O) groups excluding carboxylic acids is 1. The molecule has 2 aliphatic heterocycles. The third-order valence-corrected chi connectivity index (χ3v) is 6.16. The van der Waals surface area contributed by atoms with Gasteiger partial charge in [-0.25, -0.2) is 4.98 Å². The summed E-state index contributed by atoms with van der Waals surface area (Å²) in [5, 5.41) is 9.19. The number of nitrogens with zero attached hydrogens (tertiary/aromatic N) is 2. The Kier molecular flexibility index (Phi) is 4.19. The highest BCUT2D eigenvalue weighted by Crippen LogP contribution is 2.41. The zero-order chi connectivity index (χ0) is 15.7. The lowest BCUT2D eigenvalue weighted by Gasteiger charge is -2.27. The molecule has 7 heteroatoms. The molecule has 2 saturated heterocycles. The second kappa shape index (κ2) is 6.32. The molecule has 0 bridgehead atoms. The lowest BCUT2D eigenvalue weighted by molar-refractivity contribution is 0.0900. The van der Waals surface area contributed by atoms with E-state index in [9.17, 15) is 4.79 Å². The quantitative estimate of drug-likeness (QED) is 0.898. The first kappa shape index (κ1) is 15.3. The second-order valence-corrected chi connectivity index (χ2v) is 7.93. The van der Waals surface area contributed by atoms with Crippen LogP contribution < -0.4 is 5.32 Å². The number of thiophene rings is 1. The van der Waals surface area contributed by atoms with Crippen LogP contribution in [0.25, 0.3) is 0 Å². The second-order valence-electron chi connectivity index (χ2n) is 6.43. The summed E-state index contributed by atoms with van der Waals surface area (Å²) in [6, 6.07) is 2.19. The molecule has 0 radical (unpaired) electrons. The van der Waals surface area contributed by atoms with Crippen molar-refractivity contribution >= 4 is 28.6 Å². The van der Waals surface area contributed by atoms with Crippen molar-refractivity contribution in [3.8, 4) is 0 Å². The lowest BCUT2D eigenvalue weighted by atomic mass is 9.81. The number of ether oxygens (including phenoxy) is 1. The summed E-state index contributed by atoms with van der Waals surface area (Å²) in [5.74, 6) is 0.416. The number of hydrogen-bond donors (Lipinski definition) is 1. The molecule has 0 spiro atoms. The summed E-state index contributed by atoms with van der Waals surface area (Å²) in [4.78, 5) is 18.7. The summed E-state index contributed by atoms with van der Waals surface area (Å²) in [6.45, 7) is 5.20. The van der Waals surface area contributed by atoms with Gasteiger partial charge in [0.25, 0.3) is 5.91 Å². The molecule has 2 atom stereocenters. The van der Waals surface area contributed by atoms with E-state index in [4.69, 9.17) is 4.74 Å². The van der Waals surface area contributed by atoms with Gasteiger partial charge in [-0.2, -0.15) is 11.3 Å². The molecular weight excluding hydrogens is 330 g/mol. The van der Waals surface area contributed by atoms with Gasteiger partial charge in [0.05, 0.1) is 18.7 Å². The fourth-order valence-electron chi connectivity index (χ4n) is 3.63. The molecule has 2 fully saturated rings. The maximum Gasteiger partial charge on any atom is 0.270 e. The summed E-state index contributed by atoms with van der Waals surface area (Å²) in [6.07, 6.45) is 0. The summed E-state index contributed by atoms with van der Waals surface area (Å²) in [5.41, 5.74) is 3.61. The van der Waals surface area contributed by atoms with Crippen molar-refractivity contribution in [3.05, 3.63) is 39.0 Å². The smallest absolute Gasteiger partial charge is 0.270 e. The molecule has 23 heavy (non-hydrogen) atoms. The number of likely N-dealkylation sites (tertiary alicyclic amines) is 1. The Morgan fingerprint density at radius 1 is 1.48 bits per heavy atom. The zero-order valence-electron chi connectivity index (χ0n) is 12.7. The molecular formula is C16H19N3O2S2. The largest absolute Gasteiger partial charge is 0.380 e. The zero-order valence-corrected chi connectivity index (χ0v) is 14.4. The number of amides is 1. The molecule has 4 heterocycles. The molecule has 2 aromatic rings. The van der Waals surface area contributed by atoms with Crippen molar-refractivity contribution in [2.24, 2.45) is 11.3 Å². The third-order valence-electron chi connectivity index (χ3n) is 4.84. The van der Waals surface area contributed by atoms with E-state index in [0.29, 0.717) is 18.2 Å². The van der Waals surface area contributed by atoms with Crippen LogP contribution in [0.2, 0.25) is 0 Å². The van der Waals surface area contributed by atoms with Crippen molar-refractivity contribution in [1.29, 1.82) is 0 Å². The number of hydrogen-bond acceptors (Lipinski definition) is 6. The first-order chi connectivity index (χ1) is 11.3. The lowest BCUT2D eigenvalue weighted by Crippen LogP contribution is -2.43. The minimum atomic E-state index is -0.0810. The highest BCUT2D eigenvalue weighted by molar-refractivity contribution is 7.08. The summed E-state index contributed by atoms with van der Waals surface area (Å²) < 4.78 is 5.73. The molecule has 2 aliphatic rings. The fourth-order valence-corrected chi connectivity index (χ4v) is 4.82. The molecule has 122 valence electrons. The van der Waals surface area contributed by atoms with Gasteiger partial charge in [0.1, 0.15) is 5.69 Å². The monoisotopic (exact) mass is 349 g/mol. The van der Waals surface area contributed by atoms with Crippen molar-refractivity contribution in [3.63, 3.8) is 0 Å². The summed E-state index contributed by atoms with van der Waals surface area (Å²) >= 11 is 3.18. The van der Waals surface area contributed by atoms with Crippen LogP contribution in [-0.2, 0) is 11.3 Å². The molecule has 5 nitrogen and oxygen atoms in total. The number of nitrogens with one attached hydrogen (secondary N) is 1. The van der Waals surface area contributed by atoms with Gasteiger partial charge in [0, 0.05) is 42.9 Å². The van der Waals surface area contributed by atoms with Crippen LogP contribution in [0.3, 0.4) is 0 Å². The highest BCUT2D eigenvalue weighted by Gasteiger charge is 2.50. The Labute approximate surface area is 143 Å². The average Bonchev–Trinajstić information content (AvgIpc) is 3.29. The normalized spacial score (nSPS) is 27.2. The first-order valence-electron chi connectivity index (χ1n) is 7.73. The van der Waals surface area contributed by atoms with Gasteiger partial charge >= 0.3 is 0 Å². The SMILES string of the molecule is O=C(NC[C@@]12COC[C@@H]1CN(Cc1ccsc1)C2)c1cscn1.